The maximum Gasteiger partial charge on any atom is 0.318 e. The van der Waals surface area contributed by atoms with Gasteiger partial charge in [0.1, 0.15) is 11.8 Å². The molecule has 0 aromatic carbocycles. The zero-order valence-corrected chi connectivity index (χ0v) is 13.4. The summed E-state index contributed by atoms with van der Waals surface area (Å²) in [6.45, 7) is 2.38. The fraction of sp³-hybridized carbons (Fsp3) is 0.600. The van der Waals surface area contributed by atoms with E-state index in [1.807, 2.05) is 25.1 Å². The highest BCUT2D eigenvalue weighted by Gasteiger charge is 2.31. The largest absolute Gasteiger partial charge is 0.467 e. The van der Waals surface area contributed by atoms with Crippen LogP contribution in [-0.2, 0) is 11.3 Å². The van der Waals surface area contributed by atoms with E-state index in [1.54, 1.807) is 29.2 Å². The average molecular weight is 308 g/mol. The molecule has 1 aromatic rings. The first-order chi connectivity index (χ1) is 10.5. The van der Waals surface area contributed by atoms with E-state index in [-0.39, 0.29) is 11.9 Å². The second-order valence-corrected chi connectivity index (χ2v) is 5.85. The quantitative estimate of drug-likeness (QED) is 0.835. The summed E-state index contributed by atoms with van der Waals surface area (Å²) in [5.74, 6) is 0.697. The number of urea groups is 1. The van der Waals surface area contributed by atoms with Gasteiger partial charge in [0.2, 0.25) is 5.91 Å². The maximum atomic E-state index is 12.5. The molecule has 22 heavy (non-hydrogen) atoms. The third kappa shape index (κ3) is 4.24. The van der Waals surface area contributed by atoms with Crippen LogP contribution < -0.4 is 5.32 Å². The molecule has 7 heteroatoms. The van der Waals surface area contributed by atoms with Crippen molar-refractivity contribution in [3.8, 4) is 0 Å². The summed E-state index contributed by atoms with van der Waals surface area (Å²) in [7, 11) is 5.66. The molecule has 0 saturated carbocycles. The summed E-state index contributed by atoms with van der Waals surface area (Å²) in [5, 5.41) is 2.83. The summed E-state index contributed by atoms with van der Waals surface area (Å²) in [5.41, 5.74) is 0. The Morgan fingerprint density at radius 1 is 1.45 bits per heavy atom. The molecule has 1 atom stereocenters. The fourth-order valence-corrected chi connectivity index (χ4v) is 2.36. The Morgan fingerprint density at radius 2 is 2.23 bits per heavy atom. The Hall–Kier alpha value is -2.02. The molecule has 1 aliphatic rings. The SMILES string of the molecule is CN(C)CCN(Cc1ccco1)C(=O)N[C@H]1CCN(C)C1=O. The van der Waals surface area contributed by atoms with E-state index in [1.165, 1.54) is 0 Å². The van der Waals surface area contributed by atoms with Gasteiger partial charge in [0.05, 0.1) is 12.8 Å². The Labute approximate surface area is 130 Å². The molecule has 0 bridgehead atoms. The molecule has 1 saturated heterocycles. The van der Waals surface area contributed by atoms with Crippen LogP contribution >= 0.6 is 0 Å². The summed E-state index contributed by atoms with van der Waals surface area (Å²) in [4.78, 5) is 29.7. The molecule has 1 aromatic heterocycles. The minimum absolute atomic E-state index is 0.0288. The molecule has 0 aliphatic carbocycles. The monoisotopic (exact) mass is 308 g/mol. The zero-order chi connectivity index (χ0) is 16.1. The Bertz CT molecular complexity index is 501. The van der Waals surface area contributed by atoms with Crippen LogP contribution in [-0.4, -0.2) is 73.5 Å². The van der Waals surface area contributed by atoms with Crippen molar-refractivity contribution in [1.29, 1.82) is 0 Å². The number of nitrogens with one attached hydrogen (secondary N) is 1. The Kier molecular flexibility index (Phi) is 5.43. The fourth-order valence-electron chi connectivity index (χ4n) is 2.36. The van der Waals surface area contributed by atoms with Crippen LogP contribution in [0, 0.1) is 0 Å². The smallest absolute Gasteiger partial charge is 0.318 e. The van der Waals surface area contributed by atoms with Crippen LogP contribution in [0.15, 0.2) is 22.8 Å². The molecule has 2 heterocycles. The summed E-state index contributed by atoms with van der Waals surface area (Å²) in [6, 6.07) is 2.99. The topological polar surface area (TPSA) is 69.0 Å². The van der Waals surface area contributed by atoms with Crippen molar-refractivity contribution in [1.82, 2.24) is 20.0 Å². The van der Waals surface area contributed by atoms with E-state index in [9.17, 15) is 9.59 Å². The van der Waals surface area contributed by atoms with Crippen molar-refractivity contribution in [3.05, 3.63) is 24.2 Å². The molecule has 0 radical (unpaired) electrons. The van der Waals surface area contributed by atoms with E-state index >= 15 is 0 Å². The third-order valence-electron chi connectivity index (χ3n) is 3.76. The third-order valence-corrected chi connectivity index (χ3v) is 3.76. The molecule has 122 valence electrons. The minimum Gasteiger partial charge on any atom is -0.467 e. The number of furan rings is 1. The van der Waals surface area contributed by atoms with Gasteiger partial charge in [0.15, 0.2) is 0 Å². The van der Waals surface area contributed by atoms with Crippen molar-refractivity contribution in [3.63, 3.8) is 0 Å². The van der Waals surface area contributed by atoms with Gasteiger partial charge in [-0.2, -0.15) is 0 Å². The van der Waals surface area contributed by atoms with E-state index in [2.05, 4.69) is 5.32 Å². The molecule has 1 N–H and O–H groups in total. The number of nitrogens with zero attached hydrogens (tertiary/aromatic N) is 3. The Morgan fingerprint density at radius 3 is 2.77 bits per heavy atom. The second-order valence-electron chi connectivity index (χ2n) is 5.85. The van der Waals surface area contributed by atoms with Gasteiger partial charge in [-0.05, 0) is 32.6 Å². The minimum atomic E-state index is -0.420. The number of likely N-dealkylation sites (N-methyl/N-ethyl adjacent to an activating group) is 2. The van der Waals surface area contributed by atoms with Gasteiger partial charge in [0, 0.05) is 26.7 Å². The first kappa shape index (κ1) is 16.4. The molecule has 0 spiro atoms. The van der Waals surface area contributed by atoms with Crippen molar-refractivity contribution in [2.24, 2.45) is 0 Å². The van der Waals surface area contributed by atoms with Crippen LogP contribution in [0.1, 0.15) is 12.2 Å². The van der Waals surface area contributed by atoms with Gasteiger partial charge in [-0.15, -0.1) is 0 Å². The molecule has 0 unspecified atom stereocenters. The number of hydrogen-bond acceptors (Lipinski definition) is 4. The molecular weight excluding hydrogens is 284 g/mol. The van der Waals surface area contributed by atoms with Gasteiger partial charge in [-0.3, -0.25) is 4.79 Å². The predicted molar refractivity (Wildman–Crippen MR) is 82.2 cm³/mol. The first-order valence-electron chi connectivity index (χ1n) is 7.45. The summed E-state index contributed by atoms with van der Waals surface area (Å²) in [6.07, 6.45) is 2.25. The van der Waals surface area contributed by atoms with Gasteiger partial charge >= 0.3 is 6.03 Å². The lowest BCUT2D eigenvalue weighted by atomic mass is 10.2. The van der Waals surface area contributed by atoms with E-state index in [0.29, 0.717) is 26.1 Å². The number of amides is 3. The zero-order valence-electron chi connectivity index (χ0n) is 13.4. The summed E-state index contributed by atoms with van der Waals surface area (Å²) >= 11 is 0. The van der Waals surface area contributed by atoms with Gasteiger partial charge in [-0.1, -0.05) is 0 Å². The highest BCUT2D eigenvalue weighted by molar-refractivity contribution is 5.88. The highest BCUT2D eigenvalue weighted by Crippen LogP contribution is 2.11. The van der Waals surface area contributed by atoms with Crippen molar-refractivity contribution in [2.45, 2.75) is 19.0 Å². The lowest BCUT2D eigenvalue weighted by molar-refractivity contribution is -0.128. The van der Waals surface area contributed by atoms with Crippen molar-refractivity contribution in [2.75, 3.05) is 40.8 Å². The molecule has 1 aliphatic heterocycles. The van der Waals surface area contributed by atoms with E-state index in [0.717, 1.165) is 12.3 Å². The van der Waals surface area contributed by atoms with Crippen LogP contribution in [0.25, 0.3) is 0 Å². The Balaban J connectivity index is 1.97. The van der Waals surface area contributed by atoms with E-state index in [4.69, 9.17) is 4.42 Å². The van der Waals surface area contributed by atoms with Crippen molar-refractivity contribution >= 4 is 11.9 Å². The lowest BCUT2D eigenvalue weighted by Crippen LogP contribution is -2.48. The molecule has 3 amide bonds. The van der Waals surface area contributed by atoms with Crippen LogP contribution in [0.5, 0.6) is 0 Å². The van der Waals surface area contributed by atoms with Crippen LogP contribution in [0.2, 0.25) is 0 Å². The molecule has 7 nitrogen and oxygen atoms in total. The van der Waals surface area contributed by atoms with Crippen LogP contribution in [0.3, 0.4) is 0 Å². The number of carbonyl (C=O) groups is 2. The number of likely N-dealkylation sites (tertiary alicyclic amines) is 1. The predicted octanol–water partition coefficient (Wildman–Crippen LogP) is 0.583. The number of carbonyl (C=O) groups excluding carboxylic acids is 2. The molecule has 2 rings (SSSR count). The first-order valence-corrected chi connectivity index (χ1v) is 7.45. The van der Waals surface area contributed by atoms with Crippen LogP contribution in [0.4, 0.5) is 4.79 Å². The van der Waals surface area contributed by atoms with Gasteiger partial charge in [-0.25, -0.2) is 4.79 Å². The summed E-state index contributed by atoms with van der Waals surface area (Å²) < 4.78 is 5.32. The van der Waals surface area contributed by atoms with E-state index < -0.39 is 6.04 Å². The maximum absolute atomic E-state index is 12.5. The lowest BCUT2D eigenvalue weighted by Gasteiger charge is -2.25. The normalized spacial score (nSPS) is 18.1. The second kappa shape index (κ2) is 7.31. The van der Waals surface area contributed by atoms with Crippen molar-refractivity contribution < 1.29 is 14.0 Å². The standard InChI is InChI=1S/C15H24N4O3/c1-17(2)8-9-19(11-12-5-4-10-22-12)15(21)16-13-6-7-18(3)14(13)20/h4-5,10,13H,6-9,11H2,1-3H3,(H,16,21)/t13-/m0/s1. The number of hydrogen-bond donors (Lipinski definition) is 1. The van der Waals surface area contributed by atoms with Gasteiger partial charge in [0.25, 0.3) is 0 Å². The van der Waals surface area contributed by atoms with Gasteiger partial charge < -0.3 is 24.4 Å². The molecule has 1 fully saturated rings. The average Bonchev–Trinajstić information content (AvgIpc) is 3.08. The highest BCUT2D eigenvalue weighted by atomic mass is 16.3. The molecular formula is C15H24N4O3. The number of rotatable bonds is 6.